The van der Waals surface area contributed by atoms with Gasteiger partial charge in [0.2, 0.25) is 5.91 Å². The fourth-order valence-electron chi connectivity index (χ4n) is 2.07. The molecule has 132 valence electrons. The van der Waals surface area contributed by atoms with Crippen LogP contribution in [0.1, 0.15) is 18.9 Å². The number of rotatable bonds is 8. The van der Waals surface area contributed by atoms with Gasteiger partial charge in [-0.05, 0) is 32.4 Å². The molecular formula is C17H20N4O3S. The van der Waals surface area contributed by atoms with Gasteiger partial charge in [0.05, 0.1) is 5.75 Å². The number of carboxylic acid groups (broad SMARTS) is 1. The zero-order valence-electron chi connectivity index (χ0n) is 14.0. The maximum absolute atomic E-state index is 12.0. The summed E-state index contributed by atoms with van der Waals surface area (Å²) in [4.78, 5) is 23.2. The van der Waals surface area contributed by atoms with E-state index in [0.29, 0.717) is 5.16 Å². The van der Waals surface area contributed by atoms with Gasteiger partial charge in [0.1, 0.15) is 12.4 Å². The van der Waals surface area contributed by atoms with Crippen molar-refractivity contribution in [3.63, 3.8) is 0 Å². The fourth-order valence-corrected chi connectivity index (χ4v) is 2.81. The Balaban J connectivity index is 1.97. The molecule has 7 nitrogen and oxygen atoms in total. The normalized spacial score (nSPS) is 12.2. The molecule has 1 aromatic carbocycles. The molecule has 2 rings (SSSR count). The number of nitrogens with zero attached hydrogens (tertiary/aromatic N) is 3. The number of aromatic nitrogens is 3. The van der Waals surface area contributed by atoms with E-state index in [9.17, 15) is 9.59 Å². The molecule has 2 aromatic rings. The van der Waals surface area contributed by atoms with Crippen molar-refractivity contribution < 1.29 is 14.7 Å². The second-order valence-corrected chi connectivity index (χ2v) is 6.31. The molecule has 0 spiro atoms. The molecule has 0 aliphatic rings. The van der Waals surface area contributed by atoms with Crippen LogP contribution >= 0.6 is 11.8 Å². The van der Waals surface area contributed by atoms with Crippen molar-refractivity contribution >= 4 is 23.6 Å². The third-order valence-electron chi connectivity index (χ3n) is 3.40. The highest BCUT2D eigenvalue weighted by atomic mass is 32.2. The van der Waals surface area contributed by atoms with Gasteiger partial charge in [-0.3, -0.25) is 9.36 Å². The van der Waals surface area contributed by atoms with E-state index < -0.39 is 12.0 Å². The first kappa shape index (κ1) is 18.7. The summed E-state index contributed by atoms with van der Waals surface area (Å²) in [7, 11) is 0. The summed E-state index contributed by atoms with van der Waals surface area (Å²) in [6.45, 7) is 3.80. The number of hydrogen-bond donors (Lipinski definition) is 2. The average Bonchev–Trinajstić information content (AvgIpc) is 3.05. The van der Waals surface area contributed by atoms with E-state index in [4.69, 9.17) is 5.11 Å². The second kappa shape index (κ2) is 9.03. The summed E-state index contributed by atoms with van der Waals surface area (Å²) < 4.78 is 1.78. The molecule has 1 amide bonds. The van der Waals surface area contributed by atoms with Crippen LogP contribution in [0.3, 0.4) is 0 Å². The van der Waals surface area contributed by atoms with E-state index in [-0.39, 0.29) is 18.1 Å². The fraction of sp³-hybridized carbons (Fsp3) is 0.294. The maximum atomic E-state index is 12.0. The van der Waals surface area contributed by atoms with Crippen LogP contribution in [0.5, 0.6) is 0 Å². The zero-order chi connectivity index (χ0) is 18.2. The molecule has 0 radical (unpaired) electrons. The van der Waals surface area contributed by atoms with E-state index in [0.717, 1.165) is 11.3 Å². The predicted molar refractivity (Wildman–Crippen MR) is 95.8 cm³/mol. The van der Waals surface area contributed by atoms with Crippen molar-refractivity contribution in [3.8, 4) is 5.69 Å². The molecular weight excluding hydrogens is 340 g/mol. The highest BCUT2D eigenvalue weighted by Crippen LogP contribution is 2.19. The monoisotopic (exact) mass is 360 g/mol. The third kappa shape index (κ3) is 5.46. The molecule has 0 bridgehead atoms. The molecule has 0 aliphatic heterocycles. The Kier molecular flexibility index (Phi) is 6.76. The number of benzene rings is 1. The van der Waals surface area contributed by atoms with Gasteiger partial charge >= 0.3 is 5.97 Å². The molecule has 25 heavy (non-hydrogen) atoms. The Morgan fingerprint density at radius 1 is 1.36 bits per heavy atom. The molecule has 1 atom stereocenters. The predicted octanol–water partition coefficient (Wildman–Crippen LogP) is 2.20. The van der Waals surface area contributed by atoms with E-state index in [1.807, 2.05) is 31.2 Å². The highest BCUT2D eigenvalue weighted by molar-refractivity contribution is 7.99. The van der Waals surface area contributed by atoms with E-state index >= 15 is 0 Å². The number of hydrogen-bond acceptors (Lipinski definition) is 5. The molecule has 0 aliphatic carbocycles. The smallest absolute Gasteiger partial charge is 0.326 e. The number of thioether (sulfide) groups is 1. The number of carbonyl (C=O) groups excluding carboxylic acids is 1. The largest absolute Gasteiger partial charge is 0.480 e. The van der Waals surface area contributed by atoms with Gasteiger partial charge in [-0.1, -0.05) is 41.6 Å². The van der Waals surface area contributed by atoms with Crippen LogP contribution in [0.25, 0.3) is 5.69 Å². The highest BCUT2D eigenvalue weighted by Gasteiger charge is 2.19. The van der Waals surface area contributed by atoms with Gasteiger partial charge in [-0.15, -0.1) is 10.2 Å². The van der Waals surface area contributed by atoms with Crippen LogP contribution in [0, 0.1) is 6.92 Å². The molecule has 0 saturated carbocycles. The molecule has 1 aromatic heterocycles. The molecule has 0 fully saturated rings. The van der Waals surface area contributed by atoms with Gasteiger partial charge < -0.3 is 10.4 Å². The minimum Gasteiger partial charge on any atom is -0.480 e. The summed E-state index contributed by atoms with van der Waals surface area (Å²) in [5.74, 6) is -1.36. The first-order valence-electron chi connectivity index (χ1n) is 7.74. The van der Waals surface area contributed by atoms with Crippen LogP contribution in [0.15, 0.2) is 47.9 Å². The third-order valence-corrected chi connectivity index (χ3v) is 4.34. The number of amides is 1. The summed E-state index contributed by atoms with van der Waals surface area (Å²) in [6.07, 6.45) is 5.29. The minimum absolute atomic E-state index is 0.0597. The number of aliphatic carboxylic acids is 1. The summed E-state index contributed by atoms with van der Waals surface area (Å²) in [6, 6.07) is 6.92. The van der Waals surface area contributed by atoms with Crippen LogP contribution < -0.4 is 5.32 Å². The SMILES string of the molecule is C/C=C/CC(NC(=O)CSc1nncn1-c1ccc(C)cc1)C(=O)O. The van der Waals surface area contributed by atoms with Crippen LogP contribution in [0.2, 0.25) is 0 Å². The Hall–Kier alpha value is -2.61. The second-order valence-electron chi connectivity index (χ2n) is 5.37. The summed E-state index contributed by atoms with van der Waals surface area (Å²) in [5.41, 5.74) is 2.04. The lowest BCUT2D eigenvalue weighted by Crippen LogP contribution is -2.41. The quantitative estimate of drug-likeness (QED) is 0.553. The average molecular weight is 360 g/mol. The molecule has 1 unspecified atom stereocenters. The number of aryl methyl sites for hydroxylation is 1. The van der Waals surface area contributed by atoms with Gasteiger partial charge in [-0.25, -0.2) is 4.79 Å². The van der Waals surface area contributed by atoms with Crippen LogP contribution in [-0.4, -0.2) is 43.5 Å². The standard InChI is InChI=1S/C17H20N4O3S/c1-3-4-5-14(16(23)24)19-15(22)10-25-17-20-18-11-21(17)13-8-6-12(2)7-9-13/h3-4,6-9,11,14H,5,10H2,1-2H3,(H,19,22)(H,23,24)/b4-3+. The van der Waals surface area contributed by atoms with Gasteiger partial charge in [0.15, 0.2) is 5.16 Å². The first-order chi connectivity index (χ1) is 12.0. The van der Waals surface area contributed by atoms with Crippen molar-refractivity contribution in [2.75, 3.05) is 5.75 Å². The summed E-state index contributed by atoms with van der Waals surface area (Å²) >= 11 is 1.20. The summed E-state index contributed by atoms with van der Waals surface area (Å²) in [5, 5.41) is 20.1. The van der Waals surface area contributed by atoms with Crippen molar-refractivity contribution in [1.82, 2.24) is 20.1 Å². The van der Waals surface area contributed by atoms with Gasteiger partial charge in [0, 0.05) is 5.69 Å². The Morgan fingerprint density at radius 3 is 2.72 bits per heavy atom. The minimum atomic E-state index is -1.06. The van der Waals surface area contributed by atoms with Gasteiger partial charge in [0.25, 0.3) is 0 Å². The van der Waals surface area contributed by atoms with E-state index in [2.05, 4.69) is 15.5 Å². The van der Waals surface area contributed by atoms with Crippen molar-refractivity contribution in [3.05, 3.63) is 48.3 Å². The van der Waals surface area contributed by atoms with Crippen LogP contribution in [0.4, 0.5) is 0 Å². The number of allylic oxidation sites excluding steroid dienone is 1. The van der Waals surface area contributed by atoms with Crippen LogP contribution in [-0.2, 0) is 9.59 Å². The Labute approximate surface area is 150 Å². The number of nitrogens with one attached hydrogen (secondary N) is 1. The molecule has 1 heterocycles. The molecule has 8 heteroatoms. The van der Waals surface area contributed by atoms with Crippen molar-refractivity contribution in [2.45, 2.75) is 31.5 Å². The lowest BCUT2D eigenvalue weighted by molar-refractivity contribution is -0.141. The van der Waals surface area contributed by atoms with Crippen molar-refractivity contribution in [1.29, 1.82) is 0 Å². The van der Waals surface area contributed by atoms with E-state index in [1.165, 1.54) is 11.8 Å². The van der Waals surface area contributed by atoms with Gasteiger partial charge in [-0.2, -0.15) is 0 Å². The number of carboxylic acids is 1. The zero-order valence-corrected chi connectivity index (χ0v) is 14.9. The lowest BCUT2D eigenvalue weighted by atomic mass is 10.2. The van der Waals surface area contributed by atoms with E-state index in [1.54, 1.807) is 30.0 Å². The first-order valence-corrected chi connectivity index (χ1v) is 8.73. The molecule has 2 N–H and O–H groups in total. The Bertz CT molecular complexity index is 756. The Morgan fingerprint density at radius 2 is 2.08 bits per heavy atom. The maximum Gasteiger partial charge on any atom is 0.326 e. The van der Waals surface area contributed by atoms with Crippen molar-refractivity contribution in [2.24, 2.45) is 0 Å². The lowest BCUT2D eigenvalue weighted by Gasteiger charge is -2.12. The topological polar surface area (TPSA) is 97.1 Å². The number of carbonyl (C=O) groups is 2. The molecule has 0 saturated heterocycles.